The number of amides is 3. The van der Waals surface area contributed by atoms with Gasteiger partial charge in [0.15, 0.2) is 0 Å². The molecule has 3 amide bonds. The molecule has 2 aliphatic rings. The van der Waals surface area contributed by atoms with Gasteiger partial charge in [-0.2, -0.15) is 0 Å². The Morgan fingerprint density at radius 3 is 2.69 bits per heavy atom. The molecule has 2 fully saturated rings. The van der Waals surface area contributed by atoms with Gasteiger partial charge in [0, 0.05) is 30.6 Å². The fourth-order valence-corrected chi connectivity index (χ4v) is 3.63. The van der Waals surface area contributed by atoms with Crippen molar-refractivity contribution < 1.29 is 18.7 Å². The van der Waals surface area contributed by atoms with Crippen molar-refractivity contribution in [3.63, 3.8) is 0 Å². The van der Waals surface area contributed by atoms with Gasteiger partial charge in [0.25, 0.3) is 0 Å². The third kappa shape index (κ3) is 4.03. The fourth-order valence-electron chi connectivity index (χ4n) is 3.47. The van der Waals surface area contributed by atoms with Crippen molar-refractivity contribution in [2.45, 2.75) is 38.8 Å². The molecule has 0 spiro atoms. The predicted octanol–water partition coefficient (Wildman–Crippen LogP) is 3.95. The molecule has 0 aliphatic carbocycles. The van der Waals surface area contributed by atoms with Crippen molar-refractivity contribution in [2.75, 3.05) is 25.0 Å². The van der Waals surface area contributed by atoms with Crippen molar-refractivity contribution in [3.8, 4) is 0 Å². The highest BCUT2D eigenvalue weighted by Gasteiger charge is 2.45. The average molecular weight is 384 g/mol. The fraction of sp³-hybridized carbons (Fsp3) is 0.556. The lowest BCUT2D eigenvalue weighted by atomic mass is 10.1. The molecule has 1 aromatic rings. The number of halogens is 2. The van der Waals surface area contributed by atoms with Crippen molar-refractivity contribution >= 4 is 29.4 Å². The molecule has 0 aromatic heterocycles. The van der Waals surface area contributed by atoms with E-state index < -0.39 is 11.4 Å². The van der Waals surface area contributed by atoms with Crippen LogP contribution in [0.1, 0.15) is 27.2 Å². The van der Waals surface area contributed by atoms with Crippen LogP contribution in [0.3, 0.4) is 0 Å². The van der Waals surface area contributed by atoms with Crippen LogP contribution >= 0.6 is 11.6 Å². The molecular weight excluding hydrogens is 361 g/mol. The zero-order valence-corrected chi connectivity index (χ0v) is 15.8. The maximum atomic E-state index is 13.9. The van der Waals surface area contributed by atoms with E-state index in [1.54, 1.807) is 9.80 Å². The summed E-state index contributed by atoms with van der Waals surface area (Å²) in [7, 11) is 0. The van der Waals surface area contributed by atoms with E-state index in [-0.39, 0.29) is 34.8 Å². The number of fused-ring (bicyclic) bond motifs is 1. The summed E-state index contributed by atoms with van der Waals surface area (Å²) in [6.45, 7) is 7.04. The molecule has 0 radical (unpaired) electrons. The molecule has 26 heavy (non-hydrogen) atoms. The molecule has 0 saturated carbocycles. The van der Waals surface area contributed by atoms with Gasteiger partial charge in [-0.3, -0.25) is 0 Å². The number of hydrogen-bond donors (Lipinski definition) is 1. The van der Waals surface area contributed by atoms with Gasteiger partial charge in [-0.15, -0.1) is 0 Å². The summed E-state index contributed by atoms with van der Waals surface area (Å²) >= 11 is 5.73. The Bertz CT molecular complexity index is 722. The molecule has 2 aliphatic heterocycles. The number of nitrogens with zero attached hydrogens (tertiary/aromatic N) is 2. The maximum absolute atomic E-state index is 13.9. The monoisotopic (exact) mass is 383 g/mol. The van der Waals surface area contributed by atoms with Gasteiger partial charge < -0.3 is 19.9 Å². The minimum atomic E-state index is -0.580. The number of carbonyl (C=O) groups is 2. The average Bonchev–Trinajstić information content (AvgIpc) is 3.08. The van der Waals surface area contributed by atoms with E-state index in [0.717, 1.165) is 12.5 Å². The standard InChI is InChI=1S/C18H23ClFN3O3/c1-18(2,3)26-17(25)22-9-11-6-7-23(15(11)10-22)16(24)21-14-5-4-12(19)8-13(14)20/h4-5,8,11,15H,6-7,9-10H2,1-3H3,(H,21,24)/t11-,15+/m1/s1. The van der Waals surface area contributed by atoms with Crippen molar-refractivity contribution in [1.29, 1.82) is 0 Å². The lowest BCUT2D eigenvalue weighted by Gasteiger charge is -2.27. The van der Waals surface area contributed by atoms with Crippen LogP contribution in [-0.4, -0.2) is 53.2 Å². The number of benzene rings is 1. The lowest BCUT2D eigenvalue weighted by molar-refractivity contribution is 0.0275. The van der Waals surface area contributed by atoms with E-state index in [9.17, 15) is 14.0 Å². The Morgan fingerprint density at radius 1 is 1.31 bits per heavy atom. The third-order valence-corrected chi connectivity index (χ3v) is 4.87. The highest BCUT2D eigenvalue weighted by atomic mass is 35.5. The van der Waals surface area contributed by atoms with Gasteiger partial charge in [-0.25, -0.2) is 14.0 Å². The summed E-state index contributed by atoms with van der Waals surface area (Å²) < 4.78 is 19.3. The van der Waals surface area contributed by atoms with Gasteiger partial charge in [0.05, 0.1) is 11.7 Å². The first kappa shape index (κ1) is 18.8. The second-order valence-corrected chi connectivity index (χ2v) is 8.19. The first-order chi connectivity index (χ1) is 12.1. The number of anilines is 1. The highest BCUT2D eigenvalue weighted by molar-refractivity contribution is 6.30. The van der Waals surface area contributed by atoms with Gasteiger partial charge in [0.1, 0.15) is 11.4 Å². The Labute approximate surface area is 157 Å². The Hall–Kier alpha value is -2.02. The molecule has 1 N–H and O–H groups in total. The van der Waals surface area contributed by atoms with Crippen LogP contribution in [0.25, 0.3) is 0 Å². The number of likely N-dealkylation sites (tertiary alicyclic amines) is 2. The van der Waals surface area contributed by atoms with Crippen LogP contribution in [0.2, 0.25) is 5.02 Å². The second kappa shape index (κ2) is 6.95. The van der Waals surface area contributed by atoms with Crippen LogP contribution in [-0.2, 0) is 4.74 Å². The van der Waals surface area contributed by atoms with Gasteiger partial charge in [-0.05, 0) is 45.4 Å². The van der Waals surface area contributed by atoms with Crippen molar-refractivity contribution in [2.24, 2.45) is 5.92 Å². The molecule has 142 valence electrons. The quantitative estimate of drug-likeness (QED) is 0.798. The van der Waals surface area contributed by atoms with E-state index in [0.29, 0.717) is 19.6 Å². The van der Waals surface area contributed by atoms with Gasteiger partial charge in [-0.1, -0.05) is 11.6 Å². The molecule has 6 nitrogen and oxygen atoms in total. The van der Waals surface area contributed by atoms with Crippen LogP contribution in [0.4, 0.5) is 19.7 Å². The Kier molecular flexibility index (Phi) is 5.01. The molecule has 2 atom stereocenters. The number of carbonyl (C=O) groups excluding carboxylic acids is 2. The molecule has 2 heterocycles. The van der Waals surface area contributed by atoms with Crippen molar-refractivity contribution in [3.05, 3.63) is 29.0 Å². The smallest absolute Gasteiger partial charge is 0.410 e. The van der Waals surface area contributed by atoms with E-state index >= 15 is 0 Å². The van der Waals surface area contributed by atoms with E-state index in [1.165, 1.54) is 12.1 Å². The van der Waals surface area contributed by atoms with E-state index in [4.69, 9.17) is 16.3 Å². The van der Waals surface area contributed by atoms with Crippen LogP contribution < -0.4 is 5.32 Å². The minimum absolute atomic E-state index is 0.0853. The second-order valence-electron chi connectivity index (χ2n) is 7.75. The third-order valence-electron chi connectivity index (χ3n) is 4.63. The summed E-state index contributed by atoms with van der Waals surface area (Å²) in [5.74, 6) is -0.369. The van der Waals surface area contributed by atoms with E-state index in [2.05, 4.69) is 5.32 Å². The van der Waals surface area contributed by atoms with Crippen LogP contribution in [0.15, 0.2) is 18.2 Å². The number of hydrogen-bond acceptors (Lipinski definition) is 3. The zero-order valence-electron chi connectivity index (χ0n) is 15.1. The summed E-state index contributed by atoms with van der Waals surface area (Å²) in [5, 5.41) is 2.86. The number of nitrogens with one attached hydrogen (secondary N) is 1. The normalized spacial score (nSPS) is 22.3. The minimum Gasteiger partial charge on any atom is -0.444 e. The van der Waals surface area contributed by atoms with Crippen LogP contribution in [0, 0.1) is 11.7 Å². The van der Waals surface area contributed by atoms with Gasteiger partial charge >= 0.3 is 12.1 Å². The van der Waals surface area contributed by atoms with Gasteiger partial charge in [0.2, 0.25) is 0 Å². The molecule has 2 saturated heterocycles. The molecular formula is C18H23ClFN3O3. The number of ether oxygens (including phenoxy) is 1. The largest absolute Gasteiger partial charge is 0.444 e. The Morgan fingerprint density at radius 2 is 2.04 bits per heavy atom. The molecule has 1 aromatic carbocycles. The molecule has 0 bridgehead atoms. The lowest BCUT2D eigenvalue weighted by Crippen LogP contribution is -2.43. The summed E-state index contributed by atoms with van der Waals surface area (Å²) in [5.41, 5.74) is -0.470. The van der Waals surface area contributed by atoms with Crippen LogP contribution in [0.5, 0.6) is 0 Å². The zero-order chi connectivity index (χ0) is 19.1. The maximum Gasteiger partial charge on any atom is 0.410 e. The predicted molar refractivity (Wildman–Crippen MR) is 96.8 cm³/mol. The number of urea groups is 1. The molecule has 0 unspecified atom stereocenters. The van der Waals surface area contributed by atoms with Crippen molar-refractivity contribution in [1.82, 2.24) is 9.80 Å². The SMILES string of the molecule is CC(C)(C)OC(=O)N1C[C@H]2CCN(C(=O)Nc3ccc(Cl)cc3F)[C@H]2C1. The Balaban J connectivity index is 1.64. The summed E-state index contributed by atoms with van der Waals surface area (Å²) in [6, 6.07) is 3.66. The topological polar surface area (TPSA) is 61.9 Å². The summed E-state index contributed by atoms with van der Waals surface area (Å²) in [4.78, 5) is 28.2. The van der Waals surface area contributed by atoms with E-state index in [1.807, 2.05) is 20.8 Å². The molecule has 3 rings (SSSR count). The summed E-state index contributed by atoms with van der Waals surface area (Å²) in [6.07, 6.45) is 0.441. The number of rotatable bonds is 1. The first-order valence-corrected chi connectivity index (χ1v) is 9.02. The molecule has 8 heteroatoms. The first-order valence-electron chi connectivity index (χ1n) is 8.64. The highest BCUT2D eigenvalue weighted by Crippen LogP contribution is 2.33.